The molecule has 14 heavy (non-hydrogen) atoms. The Morgan fingerprint density at radius 1 is 1.64 bits per heavy atom. The van der Waals surface area contributed by atoms with Gasteiger partial charge in [-0.3, -0.25) is 9.63 Å². The lowest BCUT2D eigenvalue weighted by Crippen LogP contribution is -2.55. The highest BCUT2D eigenvalue weighted by atomic mass is 16.7. The average Bonchev–Trinajstić information content (AvgIpc) is 2.15. The van der Waals surface area contributed by atoms with Crippen LogP contribution >= 0.6 is 0 Å². The zero-order valence-corrected chi connectivity index (χ0v) is 8.87. The first-order valence-corrected chi connectivity index (χ1v) is 4.91. The molecule has 0 aliphatic carbocycles. The molecule has 0 aromatic carbocycles. The van der Waals surface area contributed by atoms with Crippen LogP contribution in [0.5, 0.6) is 0 Å². The Labute approximate surface area is 84.1 Å². The maximum absolute atomic E-state index is 11.5. The lowest BCUT2D eigenvalue weighted by atomic mass is 10.1. The van der Waals surface area contributed by atoms with Crippen molar-refractivity contribution in [1.29, 1.82) is 0 Å². The second kappa shape index (κ2) is 5.29. The zero-order chi connectivity index (χ0) is 10.6. The van der Waals surface area contributed by atoms with Crippen molar-refractivity contribution in [3.63, 3.8) is 0 Å². The Hall–Kier alpha value is -0.650. The van der Waals surface area contributed by atoms with Gasteiger partial charge in [-0.05, 0) is 20.8 Å². The highest BCUT2D eigenvalue weighted by Gasteiger charge is 2.28. The number of rotatable bonds is 3. The number of morpholine rings is 1. The molecule has 5 nitrogen and oxygen atoms in total. The monoisotopic (exact) mass is 202 g/mol. The molecule has 0 radical (unpaired) electrons. The third-order valence-electron chi connectivity index (χ3n) is 1.99. The van der Waals surface area contributed by atoms with E-state index in [0.29, 0.717) is 13.2 Å². The maximum atomic E-state index is 11.5. The maximum Gasteiger partial charge on any atom is 0.263 e. The quantitative estimate of drug-likeness (QED) is 0.623. The van der Waals surface area contributed by atoms with Gasteiger partial charge in [-0.15, -0.1) is 0 Å². The Kier molecular flexibility index (Phi) is 4.31. The minimum atomic E-state index is -0.317. The lowest BCUT2D eigenvalue weighted by Gasteiger charge is -2.29. The number of hydrogen-bond acceptors (Lipinski definition) is 4. The van der Waals surface area contributed by atoms with Crippen LogP contribution < -0.4 is 10.8 Å². The predicted octanol–water partition coefficient (Wildman–Crippen LogP) is -0.180. The van der Waals surface area contributed by atoms with Gasteiger partial charge in [0, 0.05) is 6.54 Å². The molecule has 5 heteroatoms. The van der Waals surface area contributed by atoms with Crippen molar-refractivity contribution in [2.75, 3.05) is 13.2 Å². The number of amides is 1. The van der Waals surface area contributed by atoms with Crippen molar-refractivity contribution < 1.29 is 14.4 Å². The summed E-state index contributed by atoms with van der Waals surface area (Å²) in [6.45, 7) is 6.93. The molecule has 2 atom stereocenters. The van der Waals surface area contributed by atoms with E-state index in [2.05, 4.69) is 10.8 Å². The van der Waals surface area contributed by atoms with Crippen molar-refractivity contribution >= 4 is 5.91 Å². The van der Waals surface area contributed by atoms with Gasteiger partial charge in [-0.2, -0.15) is 0 Å². The standard InChI is InChI=1S/C9H18N2O3/c1-6(2)14-11-9(12)8-7(3)13-5-4-10-8/h6-8,10H,4-5H2,1-3H3,(H,11,12). The van der Waals surface area contributed by atoms with Gasteiger partial charge in [0.1, 0.15) is 6.04 Å². The fourth-order valence-corrected chi connectivity index (χ4v) is 1.27. The third kappa shape index (κ3) is 3.25. The minimum absolute atomic E-state index is 0.0150. The van der Waals surface area contributed by atoms with Gasteiger partial charge in [0.25, 0.3) is 5.91 Å². The van der Waals surface area contributed by atoms with E-state index in [1.54, 1.807) is 0 Å². The summed E-state index contributed by atoms with van der Waals surface area (Å²) in [5.41, 5.74) is 2.40. The molecule has 1 heterocycles. The number of nitrogens with one attached hydrogen (secondary N) is 2. The largest absolute Gasteiger partial charge is 0.375 e. The van der Waals surface area contributed by atoms with Gasteiger partial charge < -0.3 is 10.1 Å². The molecule has 0 saturated carbocycles. The minimum Gasteiger partial charge on any atom is -0.375 e. The molecule has 1 aliphatic heterocycles. The first-order valence-electron chi connectivity index (χ1n) is 4.91. The number of hydroxylamine groups is 1. The number of carbonyl (C=O) groups excluding carboxylic acids is 1. The Morgan fingerprint density at radius 3 is 2.93 bits per heavy atom. The smallest absolute Gasteiger partial charge is 0.263 e. The summed E-state index contributed by atoms with van der Waals surface area (Å²) < 4.78 is 5.34. The molecular formula is C9H18N2O3. The van der Waals surface area contributed by atoms with Gasteiger partial charge in [0.2, 0.25) is 0 Å². The second-order valence-electron chi connectivity index (χ2n) is 3.64. The topological polar surface area (TPSA) is 59.6 Å². The molecule has 0 spiro atoms. The van der Waals surface area contributed by atoms with Crippen LogP contribution in [0.15, 0.2) is 0 Å². The number of hydrogen-bond donors (Lipinski definition) is 2. The van der Waals surface area contributed by atoms with Crippen molar-refractivity contribution in [3.05, 3.63) is 0 Å². The van der Waals surface area contributed by atoms with Gasteiger partial charge in [0.15, 0.2) is 0 Å². The highest BCUT2D eigenvalue weighted by molar-refractivity contribution is 5.81. The lowest BCUT2D eigenvalue weighted by molar-refractivity contribution is -0.144. The number of carbonyl (C=O) groups is 1. The van der Waals surface area contributed by atoms with Crippen LogP contribution in [0.3, 0.4) is 0 Å². The van der Waals surface area contributed by atoms with Gasteiger partial charge in [-0.1, -0.05) is 0 Å². The fraction of sp³-hybridized carbons (Fsp3) is 0.889. The number of ether oxygens (including phenoxy) is 1. The molecule has 1 fully saturated rings. The van der Waals surface area contributed by atoms with Crippen LogP contribution in [0.25, 0.3) is 0 Å². The Morgan fingerprint density at radius 2 is 2.36 bits per heavy atom. The first kappa shape index (κ1) is 11.4. The molecule has 1 saturated heterocycles. The molecule has 0 aromatic heterocycles. The van der Waals surface area contributed by atoms with E-state index < -0.39 is 0 Å². The van der Waals surface area contributed by atoms with Crippen LogP contribution in [0.4, 0.5) is 0 Å². The van der Waals surface area contributed by atoms with Crippen molar-refractivity contribution in [3.8, 4) is 0 Å². The van der Waals surface area contributed by atoms with Crippen molar-refractivity contribution in [1.82, 2.24) is 10.8 Å². The second-order valence-corrected chi connectivity index (χ2v) is 3.64. The predicted molar refractivity (Wildman–Crippen MR) is 51.6 cm³/mol. The summed E-state index contributed by atoms with van der Waals surface area (Å²) in [7, 11) is 0. The van der Waals surface area contributed by atoms with Crippen LogP contribution in [0.1, 0.15) is 20.8 Å². The van der Waals surface area contributed by atoms with E-state index in [9.17, 15) is 4.79 Å². The van der Waals surface area contributed by atoms with E-state index >= 15 is 0 Å². The molecule has 2 N–H and O–H groups in total. The first-order chi connectivity index (χ1) is 6.61. The molecule has 0 aromatic rings. The fourth-order valence-electron chi connectivity index (χ4n) is 1.27. The van der Waals surface area contributed by atoms with E-state index in [0.717, 1.165) is 0 Å². The molecule has 82 valence electrons. The Bertz CT molecular complexity index is 196. The molecule has 1 aliphatic rings. The van der Waals surface area contributed by atoms with E-state index in [4.69, 9.17) is 9.57 Å². The highest BCUT2D eigenvalue weighted by Crippen LogP contribution is 2.03. The molecular weight excluding hydrogens is 184 g/mol. The normalized spacial score (nSPS) is 27.7. The molecule has 1 rings (SSSR count). The van der Waals surface area contributed by atoms with Crippen LogP contribution in [0, 0.1) is 0 Å². The average molecular weight is 202 g/mol. The summed E-state index contributed by atoms with van der Waals surface area (Å²) in [4.78, 5) is 16.5. The summed E-state index contributed by atoms with van der Waals surface area (Å²) in [5.74, 6) is -0.175. The van der Waals surface area contributed by atoms with E-state index in [1.807, 2.05) is 20.8 Å². The molecule has 2 unspecified atom stereocenters. The zero-order valence-electron chi connectivity index (χ0n) is 8.87. The van der Waals surface area contributed by atoms with Crippen molar-refractivity contribution in [2.24, 2.45) is 0 Å². The van der Waals surface area contributed by atoms with Gasteiger partial charge in [0.05, 0.1) is 18.8 Å². The van der Waals surface area contributed by atoms with Gasteiger partial charge in [-0.25, -0.2) is 5.48 Å². The summed E-state index contributed by atoms with van der Waals surface area (Å²) in [6, 6.07) is -0.317. The van der Waals surface area contributed by atoms with Crippen LogP contribution in [-0.4, -0.2) is 37.3 Å². The van der Waals surface area contributed by atoms with Crippen LogP contribution in [0.2, 0.25) is 0 Å². The molecule has 1 amide bonds. The van der Waals surface area contributed by atoms with E-state index in [-0.39, 0.29) is 24.2 Å². The molecule has 0 bridgehead atoms. The van der Waals surface area contributed by atoms with E-state index in [1.165, 1.54) is 0 Å². The summed E-state index contributed by atoms with van der Waals surface area (Å²) in [5, 5.41) is 3.08. The SMILES string of the molecule is CC(C)ONC(=O)C1NCCOC1C. The van der Waals surface area contributed by atoms with Crippen LogP contribution in [-0.2, 0) is 14.4 Å². The van der Waals surface area contributed by atoms with Crippen molar-refractivity contribution in [2.45, 2.75) is 39.0 Å². The summed E-state index contributed by atoms with van der Waals surface area (Å²) in [6.07, 6.45) is -0.127. The summed E-state index contributed by atoms with van der Waals surface area (Å²) >= 11 is 0. The Balaban J connectivity index is 2.34. The third-order valence-corrected chi connectivity index (χ3v) is 1.99. The van der Waals surface area contributed by atoms with Gasteiger partial charge >= 0.3 is 0 Å².